The van der Waals surface area contributed by atoms with Gasteiger partial charge in [-0.3, -0.25) is 4.79 Å². The maximum Gasteiger partial charge on any atom is 0.231 e. The molecule has 1 aliphatic heterocycles. The number of imidazole rings is 1. The van der Waals surface area contributed by atoms with E-state index in [-0.39, 0.29) is 6.79 Å². The molecule has 6 nitrogen and oxygen atoms in total. The van der Waals surface area contributed by atoms with Gasteiger partial charge in [0.25, 0.3) is 0 Å². The summed E-state index contributed by atoms with van der Waals surface area (Å²) in [6.07, 6.45) is 4.38. The molecule has 3 rings (SSSR count). The molecular weight excluding hydrogens is 260 g/mol. The first-order chi connectivity index (χ1) is 9.78. The largest absolute Gasteiger partial charge is 0.491 e. The lowest BCUT2D eigenvalue weighted by Gasteiger charge is -2.10. The van der Waals surface area contributed by atoms with Crippen LogP contribution in [0.25, 0.3) is 0 Å². The van der Waals surface area contributed by atoms with Gasteiger partial charge >= 0.3 is 0 Å². The zero-order valence-corrected chi connectivity index (χ0v) is 11.0. The number of hydrogen-bond donors (Lipinski definition) is 0. The fraction of sp³-hybridized carbons (Fsp3) is 0.286. The lowest BCUT2D eigenvalue weighted by Crippen LogP contribution is -2.09. The van der Waals surface area contributed by atoms with Gasteiger partial charge in [0.15, 0.2) is 17.8 Å². The van der Waals surface area contributed by atoms with Crippen LogP contribution in [0, 0.1) is 6.92 Å². The summed E-state index contributed by atoms with van der Waals surface area (Å²) in [4.78, 5) is 15.2. The summed E-state index contributed by atoms with van der Waals surface area (Å²) in [6, 6.07) is 3.32. The number of aldehydes is 1. The average Bonchev–Trinajstić information content (AvgIpc) is 3.06. The first-order valence-corrected chi connectivity index (χ1v) is 6.27. The lowest BCUT2D eigenvalue weighted by atomic mass is 10.2. The molecule has 20 heavy (non-hydrogen) atoms. The molecule has 0 N–H and O–H groups in total. The molecule has 0 saturated carbocycles. The molecule has 0 aliphatic carbocycles. The number of carbonyl (C=O) groups excluding carboxylic acids is 1. The summed E-state index contributed by atoms with van der Waals surface area (Å²) < 4.78 is 18.1. The summed E-state index contributed by atoms with van der Waals surface area (Å²) in [5, 5.41) is 0. The Morgan fingerprint density at radius 1 is 1.40 bits per heavy atom. The van der Waals surface area contributed by atoms with Gasteiger partial charge in [-0.05, 0) is 13.0 Å². The van der Waals surface area contributed by atoms with E-state index in [0.717, 1.165) is 12.1 Å². The Labute approximate surface area is 115 Å². The van der Waals surface area contributed by atoms with Crippen molar-refractivity contribution in [1.82, 2.24) is 9.55 Å². The Morgan fingerprint density at radius 2 is 2.20 bits per heavy atom. The van der Waals surface area contributed by atoms with Crippen LogP contribution in [0.15, 0.2) is 24.5 Å². The molecule has 0 fully saturated rings. The minimum absolute atomic E-state index is 0.172. The van der Waals surface area contributed by atoms with E-state index in [2.05, 4.69) is 4.98 Å². The molecule has 6 heteroatoms. The van der Waals surface area contributed by atoms with Crippen LogP contribution < -0.4 is 14.2 Å². The monoisotopic (exact) mass is 274 g/mol. The van der Waals surface area contributed by atoms with E-state index in [0.29, 0.717) is 36.0 Å². The highest BCUT2D eigenvalue weighted by molar-refractivity contribution is 5.81. The maximum atomic E-state index is 11.1. The average molecular weight is 274 g/mol. The number of ether oxygens (including phenoxy) is 3. The van der Waals surface area contributed by atoms with E-state index in [1.54, 1.807) is 18.3 Å². The van der Waals surface area contributed by atoms with Gasteiger partial charge in [0.1, 0.15) is 18.2 Å². The fourth-order valence-corrected chi connectivity index (χ4v) is 2.05. The Bertz CT molecular complexity index is 636. The molecule has 0 amide bonds. The first kappa shape index (κ1) is 12.5. The van der Waals surface area contributed by atoms with Gasteiger partial charge < -0.3 is 18.8 Å². The second kappa shape index (κ2) is 5.24. The van der Waals surface area contributed by atoms with Crippen molar-refractivity contribution in [1.29, 1.82) is 0 Å². The third-order valence-corrected chi connectivity index (χ3v) is 3.15. The molecule has 0 bridgehead atoms. The molecule has 0 saturated heterocycles. The van der Waals surface area contributed by atoms with Crippen LogP contribution in [0.3, 0.4) is 0 Å². The summed E-state index contributed by atoms with van der Waals surface area (Å²) in [7, 11) is 0. The van der Waals surface area contributed by atoms with Crippen molar-refractivity contribution >= 4 is 6.29 Å². The topological polar surface area (TPSA) is 62.6 Å². The standard InChI is InChI=1S/C14H14N2O4/c1-10-15-2-3-16(10)4-5-18-12-7-14-13(19-9-20-14)6-11(12)8-17/h2-3,6-8H,4-5,9H2,1H3. The van der Waals surface area contributed by atoms with Crippen LogP contribution in [0.1, 0.15) is 16.2 Å². The van der Waals surface area contributed by atoms with Gasteiger partial charge in [-0.15, -0.1) is 0 Å². The minimum atomic E-state index is 0.172. The summed E-state index contributed by atoms with van der Waals surface area (Å²) in [5.41, 5.74) is 0.455. The molecule has 0 unspecified atom stereocenters. The second-order valence-electron chi connectivity index (χ2n) is 4.38. The van der Waals surface area contributed by atoms with E-state index in [1.807, 2.05) is 17.7 Å². The number of fused-ring (bicyclic) bond motifs is 1. The second-order valence-corrected chi connectivity index (χ2v) is 4.38. The summed E-state index contributed by atoms with van der Waals surface area (Å²) in [5.74, 6) is 2.60. The van der Waals surface area contributed by atoms with Crippen molar-refractivity contribution in [3.63, 3.8) is 0 Å². The highest BCUT2D eigenvalue weighted by Crippen LogP contribution is 2.37. The van der Waals surface area contributed by atoms with Crippen molar-refractivity contribution < 1.29 is 19.0 Å². The summed E-state index contributed by atoms with van der Waals surface area (Å²) >= 11 is 0. The predicted molar refractivity (Wildman–Crippen MR) is 70.4 cm³/mol. The van der Waals surface area contributed by atoms with E-state index >= 15 is 0 Å². The molecule has 2 aromatic rings. The van der Waals surface area contributed by atoms with Crippen molar-refractivity contribution in [2.24, 2.45) is 0 Å². The van der Waals surface area contributed by atoms with E-state index in [9.17, 15) is 4.79 Å². The molecule has 0 spiro atoms. The number of rotatable bonds is 5. The first-order valence-electron chi connectivity index (χ1n) is 6.27. The van der Waals surface area contributed by atoms with Gasteiger partial charge in [0.05, 0.1) is 12.1 Å². The number of aryl methyl sites for hydroxylation is 1. The fourth-order valence-electron chi connectivity index (χ4n) is 2.05. The molecule has 2 heterocycles. The highest BCUT2D eigenvalue weighted by atomic mass is 16.7. The normalized spacial score (nSPS) is 12.4. The number of aromatic nitrogens is 2. The zero-order chi connectivity index (χ0) is 13.9. The van der Waals surface area contributed by atoms with Crippen LogP contribution in [-0.4, -0.2) is 29.2 Å². The quantitative estimate of drug-likeness (QED) is 0.778. The van der Waals surface area contributed by atoms with Gasteiger partial charge in [0, 0.05) is 18.5 Å². The molecule has 0 atom stereocenters. The number of carbonyl (C=O) groups is 1. The number of benzene rings is 1. The third kappa shape index (κ3) is 2.32. The predicted octanol–water partition coefficient (Wildman–Crippen LogP) is 1.81. The summed E-state index contributed by atoms with van der Waals surface area (Å²) in [6.45, 7) is 3.21. The number of hydrogen-bond acceptors (Lipinski definition) is 5. The maximum absolute atomic E-state index is 11.1. The van der Waals surface area contributed by atoms with E-state index in [4.69, 9.17) is 14.2 Å². The van der Waals surface area contributed by atoms with Gasteiger partial charge in [-0.2, -0.15) is 0 Å². The van der Waals surface area contributed by atoms with Crippen LogP contribution in [0.2, 0.25) is 0 Å². The zero-order valence-electron chi connectivity index (χ0n) is 11.0. The lowest BCUT2D eigenvalue weighted by molar-refractivity contribution is 0.111. The molecule has 104 valence electrons. The van der Waals surface area contributed by atoms with Crippen molar-refractivity contribution in [2.75, 3.05) is 13.4 Å². The number of nitrogens with zero attached hydrogens (tertiary/aromatic N) is 2. The van der Waals surface area contributed by atoms with E-state index in [1.165, 1.54) is 0 Å². The molecular formula is C14H14N2O4. The third-order valence-electron chi connectivity index (χ3n) is 3.15. The minimum Gasteiger partial charge on any atom is -0.491 e. The van der Waals surface area contributed by atoms with Crippen molar-refractivity contribution in [2.45, 2.75) is 13.5 Å². The van der Waals surface area contributed by atoms with Crippen molar-refractivity contribution in [3.05, 3.63) is 35.9 Å². The van der Waals surface area contributed by atoms with Crippen LogP contribution in [-0.2, 0) is 6.54 Å². The molecule has 1 aromatic heterocycles. The highest BCUT2D eigenvalue weighted by Gasteiger charge is 2.17. The van der Waals surface area contributed by atoms with Crippen LogP contribution in [0.4, 0.5) is 0 Å². The van der Waals surface area contributed by atoms with Crippen molar-refractivity contribution in [3.8, 4) is 17.2 Å². The van der Waals surface area contributed by atoms with Gasteiger partial charge in [-0.25, -0.2) is 4.98 Å². The SMILES string of the molecule is Cc1nccn1CCOc1cc2c(cc1C=O)OCO2. The Morgan fingerprint density at radius 3 is 2.90 bits per heavy atom. The smallest absolute Gasteiger partial charge is 0.231 e. The van der Waals surface area contributed by atoms with Crippen LogP contribution >= 0.6 is 0 Å². The Balaban J connectivity index is 1.71. The Kier molecular flexibility index (Phi) is 3.28. The molecule has 1 aromatic carbocycles. The van der Waals surface area contributed by atoms with Gasteiger partial charge in [0.2, 0.25) is 6.79 Å². The van der Waals surface area contributed by atoms with E-state index < -0.39 is 0 Å². The Hall–Kier alpha value is -2.50. The van der Waals surface area contributed by atoms with Gasteiger partial charge in [-0.1, -0.05) is 0 Å². The molecule has 1 aliphatic rings. The molecule has 0 radical (unpaired) electrons. The van der Waals surface area contributed by atoms with Crippen LogP contribution in [0.5, 0.6) is 17.2 Å².